The van der Waals surface area contributed by atoms with E-state index < -0.39 is 0 Å². The number of ether oxygens (including phenoxy) is 1. The predicted molar refractivity (Wildman–Crippen MR) is 74.8 cm³/mol. The van der Waals surface area contributed by atoms with Crippen molar-refractivity contribution in [2.45, 2.75) is 45.3 Å². The molecule has 1 aliphatic rings. The van der Waals surface area contributed by atoms with Gasteiger partial charge in [0, 0.05) is 24.7 Å². The zero-order valence-corrected chi connectivity index (χ0v) is 11.9. The van der Waals surface area contributed by atoms with Gasteiger partial charge in [0.25, 0.3) is 0 Å². The summed E-state index contributed by atoms with van der Waals surface area (Å²) in [6, 6.07) is 6.68. The fourth-order valence-electron chi connectivity index (χ4n) is 2.71. The van der Waals surface area contributed by atoms with E-state index in [1.54, 1.807) is 7.11 Å². The molecule has 3 nitrogen and oxygen atoms in total. The SMILES string of the molecule is COc1ccc(CN2CCC(N)C2(C)C)cc1C. The number of aryl methyl sites for hydroxylation is 1. The number of methoxy groups -OCH3 is 1. The van der Waals surface area contributed by atoms with Crippen LogP contribution in [0.2, 0.25) is 0 Å². The first-order valence-corrected chi connectivity index (χ1v) is 6.59. The summed E-state index contributed by atoms with van der Waals surface area (Å²) in [5, 5.41) is 0. The van der Waals surface area contributed by atoms with Crippen LogP contribution in [0.15, 0.2) is 18.2 Å². The van der Waals surface area contributed by atoms with Crippen molar-refractivity contribution in [3.8, 4) is 5.75 Å². The van der Waals surface area contributed by atoms with Crippen LogP contribution in [0, 0.1) is 6.92 Å². The van der Waals surface area contributed by atoms with Gasteiger partial charge in [0.1, 0.15) is 5.75 Å². The minimum absolute atomic E-state index is 0.0911. The van der Waals surface area contributed by atoms with Crippen molar-refractivity contribution < 1.29 is 4.74 Å². The lowest BCUT2D eigenvalue weighted by Crippen LogP contribution is -2.48. The van der Waals surface area contributed by atoms with E-state index in [1.807, 2.05) is 6.07 Å². The number of benzene rings is 1. The zero-order chi connectivity index (χ0) is 13.3. The molecule has 0 radical (unpaired) electrons. The van der Waals surface area contributed by atoms with Crippen LogP contribution in [0.5, 0.6) is 5.75 Å². The van der Waals surface area contributed by atoms with Crippen LogP contribution >= 0.6 is 0 Å². The topological polar surface area (TPSA) is 38.5 Å². The molecule has 0 spiro atoms. The molecule has 2 rings (SSSR count). The molecule has 1 aromatic carbocycles. The summed E-state index contributed by atoms with van der Waals surface area (Å²) in [5.74, 6) is 0.955. The highest BCUT2D eigenvalue weighted by molar-refractivity contribution is 5.36. The van der Waals surface area contributed by atoms with Gasteiger partial charge in [-0.15, -0.1) is 0 Å². The Labute approximate surface area is 110 Å². The molecule has 1 unspecified atom stereocenters. The number of nitrogens with two attached hydrogens (primary N) is 1. The van der Waals surface area contributed by atoms with Crippen LogP contribution in [-0.2, 0) is 6.54 Å². The van der Waals surface area contributed by atoms with Crippen molar-refractivity contribution in [1.82, 2.24) is 4.90 Å². The molecule has 1 fully saturated rings. The molecule has 3 heteroatoms. The normalized spacial score (nSPS) is 23.3. The van der Waals surface area contributed by atoms with Crippen LogP contribution in [0.3, 0.4) is 0 Å². The number of rotatable bonds is 3. The molecule has 1 aliphatic heterocycles. The Kier molecular flexibility index (Phi) is 3.64. The van der Waals surface area contributed by atoms with Crippen molar-refractivity contribution in [2.75, 3.05) is 13.7 Å². The van der Waals surface area contributed by atoms with E-state index in [2.05, 4.69) is 37.8 Å². The Balaban J connectivity index is 2.13. The summed E-state index contributed by atoms with van der Waals surface area (Å²) in [6.07, 6.45) is 1.09. The fourth-order valence-corrected chi connectivity index (χ4v) is 2.71. The van der Waals surface area contributed by atoms with E-state index in [0.29, 0.717) is 0 Å². The second-order valence-electron chi connectivity index (χ2n) is 5.77. The minimum atomic E-state index is 0.0911. The third-order valence-corrected chi connectivity index (χ3v) is 4.27. The Morgan fingerprint density at radius 3 is 2.67 bits per heavy atom. The molecule has 0 amide bonds. The maximum Gasteiger partial charge on any atom is 0.121 e. The summed E-state index contributed by atoms with van der Waals surface area (Å²) in [6.45, 7) is 8.61. The molecule has 1 atom stereocenters. The molecule has 100 valence electrons. The van der Waals surface area contributed by atoms with Gasteiger partial charge in [-0.3, -0.25) is 4.90 Å². The summed E-state index contributed by atoms with van der Waals surface area (Å²) >= 11 is 0. The monoisotopic (exact) mass is 248 g/mol. The van der Waals surface area contributed by atoms with Crippen LogP contribution in [0.4, 0.5) is 0 Å². The maximum absolute atomic E-state index is 6.17. The smallest absolute Gasteiger partial charge is 0.121 e. The highest BCUT2D eigenvalue weighted by Gasteiger charge is 2.38. The summed E-state index contributed by atoms with van der Waals surface area (Å²) in [4.78, 5) is 2.47. The maximum atomic E-state index is 6.17. The quantitative estimate of drug-likeness (QED) is 0.892. The molecule has 1 saturated heterocycles. The van der Waals surface area contributed by atoms with Crippen molar-refractivity contribution in [1.29, 1.82) is 0 Å². The minimum Gasteiger partial charge on any atom is -0.496 e. The van der Waals surface area contributed by atoms with Gasteiger partial charge in [-0.2, -0.15) is 0 Å². The number of hydrogen-bond donors (Lipinski definition) is 1. The molecular formula is C15H24N2O. The molecule has 1 aromatic rings. The van der Waals surface area contributed by atoms with E-state index in [-0.39, 0.29) is 11.6 Å². The Morgan fingerprint density at radius 2 is 2.17 bits per heavy atom. The average molecular weight is 248 g/mol. The van der Waals surface area contributed by atoms with E-state index in [1.165, 1.54) is 11.1 Å². The van der Waals surface area contributed by atoms with Gasteiger partial charge in [0.2, 0.25) is 0 Å². The number of hydrogen-bond acceptors (Lipinski definition) is 3. The van der Waals surface area contributed by atoms with Gasteiger partial charge in [0.05, 0.1) is 7.11 Å². The lowest BCUT2D eigenvalue weighted by molar-refractivity contribution is 0.154. The summed E-state index contributed by atoms with van der Waals surface area (Å²) < 4.78 is 5.29. The number of likely N-dealkylation sites (tertiary alicyclic amines) is 1. The first kappa shape index (κ1) is 13.4. The second kappa shape index (κ2) is 4.90. The van der Waals surface area contributed by atoms with Crippen molar-refractivity contribution in [2.24, 2.45) is 5.73 Å². The van der Waals surface area contributed by atoms with Crippen LogP contribution < -0.4 is 10.5 Å². The molecule has 2 N–H and O–H groups in total. The van der Waals surface area contributed by atoms with E-state index in [4.69, 9.17) is 10.5 Å². The Hall–Kier alpha value is -1.06. The van der Waals surface area contributed by atoms with Crippen LogP contribution in [0.1, 0.15) is 31.4 Å². The van der Waals surface area contributed by atoms with Gasteiger partial charge in [-0.05, 0) is 44.4 Å². The summed E-state index contributed by atoms with van der Waals surface area (Å²) in [7, 11) is 1.71. The fraction of sp³-hybridized carbons (Fsp3) is 0.600. The van der Waals surface area contributed by atoms with Gasteiger partial charge < -0.3 is 10.5 Å². The molecule has 0 bridgehead atoms. The molecule has 0 saturated carbocycles. The van der Waals surface area contributed by atoms with E-state index in [0.717, 1.165) is 25.3 Å². The van der Waals surface area contributed by atoms with Crippen molar-refractivity contribution in [3.05, 3.63) is 29.3 Å². The van der Waals surface area contributed by atoms with Gasteiger partial charge >= 0.3 is 0 Å². The molecule has 18 heavy (non-hydrogen) atoms. The summed E-state index contributed by atoms with van der Waals surface area (Å²) in [5.41, 5.74) is 8.78. The highest BCUT2D eigenvalue weighted by Crippen LogP contribution is 2.30. The third kappa shape index (κ3) is 2.38. The van der Waals surface area contributed by atoms with Crippen molar-refractivity contribution in [3.63, 3.8) is 0 Å². The van der Waals surface area contributed by atoms with Crippen LogP contribution in [0.25, 0.3) is 0 Å². The molecule has 0 aromatic heterocycles. The molecule has 1 heterocycles. The van der Waals surface area contributed by atoms with Crippen LogP contribution in [-0.4, -0.2) is 30.1 Å². The van der Waals surface area contributed by atoms with E-state index in [9.17, 15) is 0 Å². The average Bonchev–Trinajstić information content (AvgIpc) is 2.56. The zero-order valence-electron chi connectivity index (χ0n) is 11.9. The Morgan fingerprint density at radius 1 is 1.44 bits per heavy atom. The van der Waals surface area contributed by atoms with E-state index >= 15 is 0 Å². The Bertz CT molecular complexity index is 429. The lowest BCUT2D eigenvalue weighted by atomic mass is 9.96. The standard InChI is InChI=1S/C15H24N2O/c1-11-9-12(5-6-13(11)18-4)10-17-8-7-14(16)15(17,2)3/h5-6,9,14H,7-8,10,16H2,1-4H3. The van der Waals surface area contributed by atoms with Crippen molar-refractivity contribution >= 4 is 0 Å². The lowest BCUT2D eigenvalue weighted by Gasteiger charge is -2.34. The van der Waals surface area contributed by atoms with Gasteiger partial charge in [-0.25, -0.2) is 0 Å². The molecular weight excluding hydrogens is 224 g/mol. The van der Waals surface area contributed by atoms with Gasteiger partial charge in [0.15, 0.2) is 0 Å². The second-order valence-corrected chi connectivity index (χ2v) is 5.77. The molecule has 0 aliphatic carbocycles. The number of nitrogens with zero attached hydrogens (tertiary/aromatic N) is 1. The largest absolute Gasteiger partial charge is 0.496 e. The third-order valence-electron chi connectivity index (χ3n) is 4.27. The predicted octanol–water partition coefficient (Wildman–Crippen LogP) is 2.32. The first-order chi connectivity index (χ1) is 8.45. The first-order valence-electron chi connectivity index (χ1n) is 6.59. The van der Waals surface area contributed by atoms with Gasteiger partial charge in [-0.1, -0.05) is 12.1 Å². The highest BCUT2D eigenvalue weighted by atomic mass is 16.5.